The van der Waals surface area contributed by atoms with E-state index >= 15 is 0 Å². The third kappa shape index (κ3) is 3.54. The van der Waals surface area contributed by atoms with Gasteiger partial charge in [-0.2, -0.15) is 0 Å². The number of benzene rings is 2. The van der Waals surface area contributed by atoms with E-state index in [2.05, 4.69) is 0 Å². The predicted molar refractivity (Wildman–Crippen MR) is 95.6 cm³/mol. The van der Waals surface area contributed by atoms with Crippen LogP contribution in [0.15, 0.2) is 42.5 Å². The molecule has 1 aliphatic heterocycles. The van der Waals surface area contributed by atoms with Crippen LogP contribution in [-0.2, 0) is 0 Å². The molecule has 2 amide bonds. The summed E-state index contributed by atoms with van der Waals surface area (Å²) in [5.41, 5.74) is 1.59. The van der Waals surface area contributed by atoms with E-state index in [4.69, 9.17) is 0 Å². The zero-order valence-electron chi connectivity index (χ0n) is 14.8. The van der Waals surface area contributed by atoms with E-state index in [1.807, 2.05) is 0 Å². The Morgan fingerprint density at radius 1 is 1.15 bits per heavy atom. The summed E-state index contributed by atoms with van der Waals surface area (Å²) < 4.78 is 13.0. The standard InChI is InChI=1S/C20H21FN2O3/c1-13-11-15(5-8-18(13)24)20(26)23-10-9-17(12-23)22(2)19(25)14-3-6-16(21)7-4-14/h3-8,11,17,24H,9-10,12H2,1-2H3. The third-order valence-corrected chi connectivity index (χ3v) is 4.85. The van der Waals surface area contributed by atoms with Gasteiger partial charge >= 0.3 is 0 Å². The molecule has 1 heterocycles. The average Bonchev–Trinajstić information content (AvgIpc) is 3.13. The van der Waals surface area contributed by atoms with Crippen LogP contribution in [-0.4, -0.2) is 52.9 Å². The topological polar surface area (TPSA) is 60.9 Å². The van der Waals surface area contributed by atoms with Crippen molar-refractivity contribution in [3.05, 3.63) is 65.0 Å². The van der Waals surface area contributed by atoms with Crippen LogP contribution in [0, 0.1) is 12.7 Å². The highest BCUT2D eigenvalue weighted by atomic mass is 19.1. The maximum atomic E-state index is 13.0. The van der Waals surface area contributed by atoms with Gasteiger partial charge in [-0.1, -0.05) is 0 Å². The summed E-state index contributed by atoms with van der Waals surface area (Å²) in [6.45, 7) is 2.75. The van der Waals surface area contributed by atoms with Crippen molar-refractivity contribution in [2.75, 3.05) is 20.1 Å². The Balaban J connectivity index is 1.67. The summed E-state index contributed by atoms with van der Waals surface area (Å²) in [7, 11) is 1.70. The maximum Gasteiger partial charge on any atom is 0.253 e. The predicted octanol–water partition coefficient (Wildman–Crippen LogP) is 2.83. The van der Waals surface area contributed by atoms with Crippen LogP contribution in [0.3, 0.4) is 0 Å². The second kappa shape index (κ2) is 7.15. The van der Waals surface area contributed by atoms with Crippen LogP contribution >= 0.6 is 0 Å². The Morgan fingerprint density at radius 3 is 2.46 bits per heavy atom. The normalized spacial score (nSPS) is 16.6. The van der Waals surface area contributed by atoms with Crippen LogP contribution in [0.4, 0.5) is 4.39 Å². The third-order valence-electron chi connectivity index (χ3n) is 4.85. The summed E-state index contributed by atoms with van der Waals surface area (Å²) in [5, 5.41) is 9.60. The second-order valence-electron chi connectivity index (χ2n) is 6.62. The molecule has 2 aromatic carbocycles. The van der Waals surface area contributed by atoms with Crippen LogP contribution in [0.1, 0.15) is 32.7 Å². The number of hydrogen-bond acceptors (Lipinski definition) is 3. The second-order valence-corrected chi connectivity index (χ2v) is 6.62. The number of likely N-dealkylation sites (N-methyl/N-ethyl adjacent to an activating group) is 1. The Hall–Kier alpha value is -2.89. The number of rotatable bonds is 3. The van der Waals surface area contributed by atoms with Gasteiger partial charge in [0.15, 0.2) is 0 Å². The van der Waals surface area contributed by atoms with Crippen molar-refractivity contribution in [1.29, 1.82) is 0 Å². The Kier molecular flexibility index (Phi) is 4.93. The fourth-order valence-electron chi connectivity index (χ4n) is 3.18. The van der Waals surface area contributed by atoms with E-state index in [9.17, 15) is 19.1 Å². The van der Waals surface area contributed by atoms with E-state index in [-0.39, 0.29) is 29.4 Å². The first kappa shape index (κ1) is 17.9. The molecule has 0 spiro atoms. The number of carbonyl (C=O) groups excluding carboxylic acids is 2. The first-order valence-electron chi connectivity index (χ1n) is 8.48. The largest absolute Gasteiger partial charge is 0.508 e. The number of phenolic OH excluding ortho intramolecular Hbond substituents is 1. The van der Waals surface area contributed by atoms with Gasteiger partial charge in [0, 0.05) is 31.3 Å². The van der Waals surface area contributed by atoms with Crippen molar-refractivity contribution < 1.29 is 19.1 Å². The van der Waals surface area contributed by atoms with Crippen molar-refractivity contribution in [2.45, 2.75) is 19.4 Å². The lowest BCUT2D eigenvalue weighted by Gasteiger charge is -2.25. The minimum absolute atomic E-state index is 0.0882. The first-order valence-corrected chi connectivity index (χ1v) is 8.48. The molecule has 1 aliphatic rings. The van der Waals surface area contributed by atoms with Crippen molar-refractivity contribution >= 4 is 11.8 Å². The van der Waals surface area contributed by atoms with E-state index in [1.54, 1.807) is 35.9 Å². The van der Waals surface area contributed by atoms with Gasteiger partial charge in [-0.05, 0) is 61.4 Å². The first-order chi connectivity index (χ1) is 12.4. The maximum absolute atomic E-state index is 13.0. The molecule has 0 bridgehead atoms. The van der Waals surface area contributed by atoms with Crippen LogP contribution in [0.25, 0.3) is 0 Å². The Bertz CT molecular complexity index is 835. The van der Waals surface area contributed by atoms with Gasteiger partial charge in [0.1, 0.15) is 11.6 Å². The van der Waals surface area contributed by atoms with Crippen LogP contribution in [0.2, 0.25) is 0 Å². The number of phenols is 1. The highest BCUT2D eigenvalue weighted by molar-refractivity contribution is 5.96. The van der Waals surface area contributed by atoms with E-state index in [0.717, 1.165) is 0 Å². The smallest absolute Gasteiger partial charge is 0.253 e. The summed E-state index contributed by atoms with van der Waals surface area (Å²) in [4.78, 5) is 28.5. The molecule has 2 aromatic rings. The van der Waals surface area contributed by atoms with Crippen molar-refractivity contribution in [1.82, 2.24) is 9.80 Å². The highest BCUT2D eigenvalue weighted by Gasteiger charge is 2.31. The molecule has 26 heavy (non-hydrogen) atoms. The molecule has 0 aliphatic carbocycles. The van der Waals surface area contributed by atoms with Gasteiger partial charge in [-0.25, -0.2) is 4.39 Å². The zero-order valence-corrected chi connectivity index (χ0v) is 14.8. The molecule has 5 nitrogen and oxygen atoms in total. The van der Waals surface area contributed by atoms with E-state index in [0.29, 0.717) is 36.2 Å². The highest BCUT2D eigenvalue weighted by Crippen LogP contribution is 2.22. The number of hydrogen-bond donors (Lipinski definition) is 1. The molecule has 1 fully saturated rings. The minimum Gasteiger partial charge on any atom is -0.508 e. The lowest BCUT2D eigenvalue weighted by Crippen LogP contribution is -2.40. The molecule has 3 rings (SSSR count). The van der Waals surface area contributed by atoms with Gasteiger partial charge in [-0.15, -0.1) is 0 Å². The fourth-order valence-corrected chi connectivity index (χ4v) is 3.18. The molecular weight excluding hydrogens is 335 g/mol. The lowest BCUT2D eigenvalue weighted by molar-refractivity contribution is 0.0701. The molecule has 1 saturated heterocycles. The Morgan fingerprint density at radius 2 is 1.81 bits per heavy atom. The number of likely N-dealkylation sites (tertiary alicyclic amines) is 1. The van der Waals surface area contributed by atoms with E-state index < -0.39 is 0 Å². The zero-order chi connectivity index (χ0) is 18.8. The van der Waals surface area contributed by atoms with Gasteiger partial charge in [0.05, 0.1) is 6.04 Å². The van der Waals surface area contributed by atoms with E-state index in [1.165, 1.54) is 30.3 Å². The Labute approximate surface area is 151 Å². The summed E-state index contributed by atoms with van der Waals surface area (Å²) in [5.74, 6) is -0.528. The monoisotopic (exact) mass is 356 g/mol. The molecule has 6 heteroatoms. The van der Waals surface area contributed by atoms with Crippen molar-refractivity contribution in [3.8, 4) is 5.75 Å². The van der Waals surface area contributed by atoms with Gasteiger partial charge < -0.3 is 14.9 Å². The number of carbonyl (C=O) groups is 2. The number of halogens is 1. The molecule has 1 N–H and O–H groups in total. The molecule has 0 aromatic heterocycles. The van der Waals surface area contributed by atoms with Crippen LogP contribution in [0.5, 0.6) is 5.75 Å². The molecule has 136 valence electrons. The molecule has 0 radical (unpaired) electrons. The SMILES string of the molecule is Cc1cc(C(=O)N2CCC(N(C)C(=O)c3ccc(F)cc3)C2)ccc1O. The van der Waals surface area contributed by atoms with Crippen molar-refractivity contribution in [2.24, 2.45) is 0 Å². The number of amides is 2. The number of aryl methyl sites for hydroxylation is 1. The molecular formula is C20H21FN2O3. The van der Waals surface area contributed by atoms with Gasteiger partial charge in [-0.3, -0.25) is 9.59 Å². The van der Waals surface area contributed by atoms with Crippen LogP contribution < -0.4 is 0 Å². The number of aromatic hydroxyl groups is 1. The van der Waals surface area contributed by atoms with Gasteiger partial charge in [0.2, 0.25) is 0 Å². The molecule has 1 atom stereocenters. The molecule has 1 unspecified atom stereocenters. The average molecular weight is 356 g/mol. The number of nitrogens with zero attached hydrogens (tertiary/aromatic N) is 2. The summed E-state index contributed by atoms with van der Waals surface area (Å²) >= 11 is 0. The lowest BCUT2D eigenvalue weighted by atomic mass is 10.1. The molecule has 0 saturated carbocycles. The van der Waals surface area contributed by atoms with Crippen molar-refractivity contribution in [3.63, 3.8) is 0 Å². The fraction of sp³-hybridized carbons (Fsp3) is 0.300. The quantitative estimate of drug-likeness (QED) is 0.920. The van der Waals surface area contributed by atoms with Gasteiger partial charge in [0.25, 0.3) is 11.8 Å². The minimum atomic E-state index is -0.383. The summed E-state index contributed by atoms with van der Waals surface area (Å²) in [6, 6.07) is 10.1. The summed E-state index contributed by atoms with van der Waals surface area (Å²) in [6.07, 6.45) is 0.687.